The van der Waals surface area contributed by atoms with Gasteiger partial charge >= 0.3 is 0 Å². The number of aryl methyl sites for hydroxylation is 1. The van der Waals surface area contributed by atoms with E-state index in [0.29, 0.717) is 6.54 Å². The fourth-order valence-electron chi connectivity index (χ4n) is 2.93. The van der Waals surface area contributed by atoms with E-state index in [1.54, 1.807) is 0 Å². The molecule has 3 nitrogen and oxygen atoms in total. The predicted octanol–water partition coefficient (Wildman–Crippen LogP) is 4.35. The fourth-order valence-corrected chi connectivity index (χ4v) is 2.93. The Morgan fingerprint density at radius 2 is 1.87 bits per heavy atom. The van der Waals surface area contributed by atoms with Crippen LogP contribution in [0.3, 0.4) is 0 Å². The maximum atomic E-state index is 13.1. The molecule has 0 radical (unpaired) electrons. The van der Waals surface area contributed by atoms with Crippen molar-refractivity contribution in [2.45, 2.75) is 45.6 Å². The maximum Gasteiger partial charge on any atom is 0.230 e. The predicted molar refractivity (Wildman–Crippen MR) is 95.2 cm³/mol. The molecular formula is C20H28N2O. The van der Waals surface area contributed by atoms with Crippen LogP contribution >= 0.6 is 0 Å². The third kappa shape index (κ3) is 4.47. The first kappa shape index (κ1) is 17.3. The van der Waals surface area contributed by atoms with Crippen molar-refractivity contribution in [1.29, 1.82) is 0 Å². The van der Waals surface area contributed by atoms with Crippen molar-refractivity contribution in [3.8, 4) is 0 Å². The average molecular weight is 312 g/mol. The van der Waals surface area contributed by atoms with Crippen LogP contribution in [0.2, 0.25) is 0 Å². The Hall–Kier alpha value is -2.03. The third-order valence-electron chi connectivity index (χ3n) is 4.41. The molecule has 0 aliphatic heterocycles. The number of amides is 1. The van der Waals surface area contributed by atoms with E-state index in [-0.39, 0.29) is 11.8 Å². The van der Waals surface area contributed by atoms with Gasteiger partial charge in [0, 0.05) is 25.5 Å². The van der Waals surface area contributed by atoms with Crippen molar-refractivity contribution >= 4 is 5.91 Å². The minimum absolute atomic E-state index is 0.0478. The molecule has 0 aliphatic carbocycles. The van der Waals surface area contributed by atoms with Gasteiger partial charge in [0.05, 0.1) is 12.5 Å². The van der Waals surface area contributed by atoms with E-state index in [1.807, 2.05) is 42.4 Å². The van der Waals surface area contributed by atoms with Gasteiger partial charge in [0.1, 0.15) is 0 Å². The quantitative estimate of drug-likeness (QED) is 0.711. The second-order valence-corrected chi connectivity index (χ2v) is 6.10. The second-order valence-electron chi connectivity index (χ2n) is 6.10. The van der Waals surface area contributed by atoms with E-state index in [9.17, 15) is 4.79 Å². The summed E-state index contributed by atoms with van der Waals surface area (Å²) >= 11 is 0. The number of hydrogen-bond acceptors (Lipinski definition) is 1. The smallest absolute Gasteiger partial charge is 0.230 e. The second kappa shape index (κ2) is 8.56. The lowest BCUT2D eigenvalue weighted by Gasteiger charge is -2.27. The van der Waals surface area contributed by atoms with E-state index in [2.05, 4.69) is 36.6 Å². The van der Waals surface area contributed by atoms with Crippen molar-refractivity contribution in [3.05, 3.63) is 59.9 Å². The molecule has 1 atom stereocenters. The Kier molecular flexibility index (Phi) is 6.45. The summed E-state index contributed by atoms with van der Waals surface area (Å²) in [6.07, 6.45) is 5.01. The molecule has 2 rings (SSSR count). The van der Waals surface area contributed by atoms with Gasteiger partial charge in [-0.1, -0.05) is 50.6 Å². The van der Waals surface area contributed by atoms with E-state index in [4.69, 9.17) is 0 Å². The molecule has 23 heavy (non-hydrogen) atoms. The molecule has 0 aliphatic rings. The molecule has 124 valence electrons. The van der Waals surface area contributed by atoms with Crippen molar-refractivity contribution in [2.24, 2.45) is 7.05 Å². The van der Waals surface area contributed by atoms with Crippen molar-refractivity contribution in [3.63, 3.8) is 0 Å². The van der Waals surface area contributed by atoms with Crippen LogP contribution in [-0.2, 0) is 18.4 Å². The zero-order chi connectivity index (χ0) is 16.7. The summed E-state index contributed by atoms with van der Waals surface area (Å²) in [5, 5.41) is 0. The summed E-state index contributed by atoms with van der Waals surface area (Å²) in [4.78, 5) is 15.2. The monoisotopic (exact) mass is 312 g/mol. The highest BCUT2D eigenvalue weighted by molar-refractivity contribution is 5.83. The van der Waals surface area contributed by atoms with Gasteiger partial charge in [-0.2, -0.15) is 0 Å². The summed E-state index contributed by atoms with van der Waals surface area (Å²) < 4.78 is 2.09. The third-order valence-corrected chi connectivity index (χ3v) is 4.41. The summed E-state index contributed by atoms with van der Waals surface area (Å²) in [5.41, 5.74) is 2.30. The molecule has 0 fully saturated rings. The first-order chi connectivity index (χ1) is 11.2. The number of unbranched alkanes of at least 4 members (excludes halogenated alkanes) is 1. The van der Waals surface area contributed by atoms with Crippen LogP contribution in [0.1, 0.15) is 50.3 Å². The van der Waals surface area contributed by atoms with E-state index in [0.717, 1.165) is 31.4 Å². The first-order valence-electron chi connectivity index (χ1n) is 8.61. The lowest BCUT2D eigenvalue weighted by molar-refractivity contribution is -0.133. The minimum atomic E-state index is -0.0478. The Morgan fingerprint density at radius 1 is 1.13 bits per heavy atom. The molecular weight excluding hydrogens is 284 g/mol. The number of benzene rings is 1. The van der Waals surface area contributed by atoms with Gasteiger partial charge in [-0.25, -0.2) is 0 Å². The first-order valence-corrected chi connectivity index (χ1v) is 8.61. The summed E-state index contributed by atoms with van der Waals surface area (Å²) in [6.45, 7) is 5.77. The van der Waals surface area contributed by atoms with Crippen LogP contribution in [0.25, 0.3) is 0 Å². The average Bonchev–Trinajstić information content (AvgIpc) is 2.98. The lowest BCUT2D eigenvalue weighted by Crippen LogP contribution is -2.36. The van der Waals surface area contributed by atoms with Crippen molar-refractivity contribution in [1.82, 2.24) is 9.47 Å². The molecule has 1 aromatic carbocycles. The molecule has 0 spiro atoms. The van der Waals surface area contributed by atoms with Gasteiger partial charge in [0.2, 0.25) is 5.91 Å². The highest BCUT2D eigenvalue weighted by Gasteiger charge is 2.24. The summed E-state index contributed by atoms with van der Waals surface area (Å²) in [5.74, 6) is 0.196. The van der Waals surface area contributed by atoms with E-state index < -0.39 is 0 Å². The maximum absolute atomic E-state index is 13.1. The Bertz CT molecular complexity index is 603. The molecule has 1 amide bonds. The number of hydrogen-bond donors (Lipinski definition) is 0. The van der Waals surface area contributed by atoms with E-state index >= 15 is 0 Å². The molecule has 0 saturated carbocycles. The topological polar surface area (TPSA) is 25.2 Å². The molecule has 0 bridgehead atoms. The van der Waals surface area contributed by atoms with Crippen molar-refractivity contribution < 1.29 is 4.79 Å². The van der Waals surface area contributed by atoms with Crippen LogP contribution in [0.4, 0.5) is 0 Å². The summed E-state index contributed by atoms with van der Waals surface area (Å²) in [6, 6.07) is 14.3. The van der Waals surface area contributed by atoms with Crippen LogP contribution in [0.15, 0.2) is 48.7 Å². The normalized spacial score (nSPS) is 12.1. The number of aromatic nitrogens is 1. The van der Waals surface area contributed by atoms with Crippen molar-refractivity contribution in [2.75, 3.05) is 6.54 Å². The van der Waals surface area contributed by atoms with Gasteiger partial charge in [0.15, 0.2) is 0 Å². The van der Waals surface area contributed by atoms with Gasteiger partial charge in [-0.15, -0.1) is 0 Å². The molecule has 2 aromatic rings. The molecule has 1 heterocycles. The van der Waals surface area contributed by atoms with Gasteiger partial charge in [-0.05, 0) is 30.5 Å². The SMILES string of the molecule is CCCCN(Cc1cccn1C)C(=O)[C@@H](CC)c1ccccc1. The molecule has 3 heteroatoms. The lowest BCUT2D eigenvalue weighted by atomic mass is 9.95. The zero-order valence-corrected chi connectivity index (χ0v) is 14.5. The largest absolute Gasteiger partial charge is 0.353 e. The Labute approximate surface area is 139 Å². The highest BCUT2D eigenvalue weighted by Crippen LogP contribution is 2.23. The molecule has 0 saturated heterocycles. The van der Waals surface area contributed by atoms with Crippen LogP contribution in [0, 0.1) is 0 Å². The summed E-state index contributed by atoms with van der Waals surface area (Å²) in [7, 11) is 2.03. The zero-order valence-electron chi connectivity index (χ0n) is 14.5. The standard InChI is InChI=1S/C20H28N2O/c1-4-6-15-22(16-18-13-10-14-21(18)3)20(23)19(5-2)17-11-8-7-9-12-17/h7-14,19H,4-6,15-16H2,1-3H3/t19-/m0/s1. The number of rotatable bonds is 8. The fraction of sp³-hybridized carbons (Fsp3) is 0.450. The van der Waals surface area contributed by atoms with Gasteiger partial charge in [0.25, 0.3) is 0 Å². The molecule has 0 N–H and O–H groups in total. The molecule has 0 unspecified atom stereocenters. The van der Waals surface area contributed by atoms with Crippen LogP contribution < -0.4 is 0 Å². The van der Waals surface area contributed by atoms with Crippen LogP contribution in [0.5, 0.6) is 0 Å². The van der Waals surface area contributed by atoms with Gasteiger partial charge in [-0.3, -0.25) is 4.79 Å². The Balaban J connectivity index is 2.19. The number of carbonyl (C=O) groups is 1. The van der Waals surface area contributed by atoms with Crippen LogP contribution in [-0.4, -0.2) is 21.9 Å². The molecule has 1 aromatic heterocycles. The number of nitrogens with zero attached hydrogens (tertiary/aromatic N) is 2. The van der Waals surface area contributed by atoms with Gasteiger partial charge < -0.3 is 9.47 Å². The van der Waals surface area contributed by atoms with E-state index in [1.165, 1.54) is 5.69 Å². The minimum Gasteiger partial charge on any atom is -0.353 e. The number of carbonyl (C=O) groups excluding carboxylic acids is 1. The highest BCUT2D eigenvalue weighted by atomic mass is 16.2. The Morgan fingerprint density at radius 3 is 2.43 bits per heavy atom.